The van der Waals surface area contributed by atoms with Crippen molar-refractivity contribution in [2.24, 2.45) is 0 Å². The third-order valence-electron chi connectivity index (χ3n) is 5.46. The molecule has 5 rings (SSSR count). The summed E-state index contributed by atoms with van der Waals surface area (Å²) in [4.78, 5) is 37.8. The molecule has 3 aromatic carbocycles. The standard InChI is InChI=1S/C26H17NO6S/c28-21-20-22(33-26(32)23(21)34-17-12-10-16(11-13-17)25(30)31)18-8-4-5-9-19(18)27(24(20)29)14-15-6-2-1-3-7-15/h1-13,28H,14H2,(H,30,31). The van der Waals surface area contributed by atoms with Crippen molar-refractivity contribution in [1.82, 2.24) is 4.57 Å². The molecule has 0 amide bonds. The van der Waals surface area contributed by atoms with Gasteiger partial charge in [0.2, 0.25) is 0 Å². The van der Waals surface area contributed by atoms with Gasteiger partial charge in [0.25, 0.3) is 5.56 Å². The predicted octanol–water partition coefficient (Wildman–Crippen LogP) is 4.71. The number of pyridine rings is 1. The van der Waals surface area contributed by atoms with Crippen molar-refractivity contribution < 1.29 is 19.4 Å². The lowest BCUT2D eigenvalue weighted by Gasteiger charge is -2.14. The van der Waals surface area contributed by atoms with Crippen LogP contribution in [0.4, 0.5) is 0 Å². The van der Waals surface area contributed by atoms with Crippen molar-refractivity contribution in [3.05, 3.63) is 111 Å². The molecule has 0 bridgehead atoms. The van der Waals surface area contributed by atoms with Crippen molar-refractivity contribution in [2.45, 2.75) is 16.3 Å². The minimum atomic E-state index is -1.07. The van der Waals surface area contributed by atoms with E-state index in [0.717, 1.165) is 17.3 Å². The maximum Gasteiger partial charge on any atom is 0.354 e. The molecule has 2 N–H and O–H groups in total. The van der Waals surface area contributed by atoms with Gasteiger partial charge in [0.1, 0.15) is 10.3 Å². The number of fused-ring (bicyclic) bond motifs is 3. The van der Waals surface area contributed by atoms with E-state index in [2.05, 4.69) is 0 Å². The lowest BCUT2D eigenvalue weighted by Crippen LogP contribution is -2.22. The summed E-state index contributed by atoms with van der Waals surface area (Å²) < 4.78 is 7.11. The molecule has 0 fully saturated rings. The fourth-order valence-corrected chi connectivity index (χ4v) is 4.67. The molecule has 0 radical (unpaired) electrons. The third-order valence-corrected chi connectivity index (χ3v) is 6.53. The zero-order chi connectivity index (χ0) is 23.8. The summed E-state index contributed by atoms with van der Waals surface area (Å²) in [5, 5.41) is 20.6. The number of hydrogen-bond donors (Lipinski definition) is 2. The number of hydrogen-bond acceptors (Lipinski definition) is 6. The van der Waals surface area contributed by atoms with E-state index in [1.54, 1.807) is 28.8 Å². The minimum absolute atomic E-state index is 0.0259. The van der Waals surface area contributed by atoms with Gasteiger partial charge in [-0.25, -0.2) is 9.59 Å². The first-order chi connectivity index (χ1) is 16.4. The van der Waals surface area contributed by atoms with Crippen molar-refractivity contribution in [1.29, 1.82) is 0 Å². The van der Waals surface area contributed by atoms with Crippen molar-refractivity contribution in [3.63, 3.8) is 0 Å². The average Bonchev–Trinajstić information content (AvgIpc) is 2.85. The molecule has 2 aromatic heterocycles. The molecule has 0 saturated heterocycles. The average molecular weight is 471 g/mol. The molecule has 34 heavy (non-hydrogen) atoms. The Morgan fingerprint density at radius 1 is 0.912 bits per heavy atom. The molecule has 0 aliphatic carbocycles. The number of nitrogens with zero attached hydrogens (tertiary/aromatic N) is 1. The summed E-state index contributed by atoms with van der Waals surface area (Å²) in [6, 6.07) is 22.3. The number of aromatic carboxylic acids is 1. The number of rotatable bonds is 5. The maximum atomic E-state index is 13.6. The Morgan fingerprint density at radius 3 is 2.29 bits per heavy atom. The maximum absolute atomic E-state index is 13.6. The van der Waals surface area contributed by atoms with Crippen LogP contribution in [0, 0.1) is 0 Å². The van der Waals surface area contributed by atoms with Crippen LogP contribution in [0.25, 0.3) is 21.9 Å². The van der Waals surface area contributed by atoms with Gasteiger partial charge < -0.3 is 19.2 Å². The number of carbonyl (C=O) groups is 1. The highest BCUT2D eigenvalue weighted by atomic mass is 32.2. The van der Waals surface area contributed by atoms with E-state index in [-0.39, 0.29) is 28.0 Å². The van der Waals surface area contributed by atoms with E-state index in [4.69, 9.17) is 9.52 Å². The lowest BCUT2D eigenvalue weighted by atomic mass is 10.1. The van der Waals surface area contributed by atoms with E-state index in [9.17, 15) is 19.5 Å². The molecule has 168 valence electrons. The van der Waals surface area contributed by atoms with Crippen LogP contribution in [0.2, 0.25) is 0 Å². The van der Waals surface area contributed by atoms with Gasteiger partial charge in [-0.2, -0.15) is 0 Å². The molecular formula is C26H17NO6S. The van der Waals surface area contributed by atoms with Crippen LogP contribution in [0.1, 0.15) is 15.9 Å². The van der Waals surface area contributed by atoms with Crippen LogP contribution < -0.4 is 11.2 Å². The van der Waals surface area contributed by atoms with Gasteiger partial charge in [-0.05, 0) is 42.0 Å². The zero-order valence-electron chi connectivity index (χ0n) is 17.6. The Kier molecular flexibility index (Phi) is 5.43. The van der Waals surface area contributed by atoms with Gasteiger partial charge in [-0.3, -0.25) is 4.79 Å². The predicted molar refractivity (Wildman–Crippen MR) is 129 cm³/mol. The monoisotopic (exact) mass is 471 g/mol. The van der Waals surface area contributed by atoms with Gasteiger partial charge in [0, 0.05) is 10.3 Å². The third kappa shape index (κ3) is 3.74. The SMILES string of the molecule is O=C(O)c1ccc(Sc2c(O)c3c(=O)n(Cc4ccccc4)c4ccccc4c3oc2=O)cc1. The molecule has 5 aromatic rings. The van der Waals surface area contributed by atoms with E-state index in [1.807, 2.05) is 30.3 Å². The summed E-state index contributed by atoms with van der Waals surface area (Å²) in [5.41, 5.74) is 0.326. The molecule has 0 aliphatic heterocycles. The van der Waals surface area contributed by atoms with Crippen molar-refractivity contribution >= 4 is 39.6 Å². The Morgan fingerprint density at radius 2 is 1.59 bits per heavy atom. The first-order valence-corrected chi connectivity index (χ1v) is 11.1. The Hall–Kier alpha value is -4.30. The number of para-hydroxylation sites is 1. The molecule has 0 unspecified atom stereocenters. The van der Waals surface area contributed by atoms with Gasteiger partial charge in [0.05, 0.1) is 17.6 Å². The highest BCUT2D eigenvalue weighted by molar-refractivity contribution is 7.99. The molecule has 0 saturated carbocycles. The number of aromatic nitrogens is 1. The van der Waals surface area contributed by atoms with Gasteiger partial charge in [-0.1, -0.05) is 54.2 Å². The minimum Gasteiger partial charge on any atom is -0.505 e. The highest BCUT2D eigenvalue weighted by Gasteiger charge is 2.22. The zero-order valence-corrected chi connectivity index (χ0v) is 18.4. The van der Waals surface area contributed by atoms with Crippen LogP contribution in [-0.4, -0.2) is 20.7 Å². The van der Waals surface area contributed by atoms with E-state index < -0.39 is 22.9 Å². The Labute approximate surface area is 196 Å². The summed E-state index contributed by atoms with van der Waals surface area (Å²) in [6.45, 7) is 0.272. The van der Waals surface area contributed by atoms with Gasteiger partial charge in [0.15, 0.2) is 11.3 Å². The van der Waals surface area contributed by atoms with Crippen LogP contribution in [-0.2, 0) is 6.54 Å². The summed E-state index contributed by atoms with van der Waals surface area (Å²) in [5.74, 6) is -1.54. The molecule has 7 nitrogen and oxygen atoms in total. The van der Waals surface area contributed by atoms with Gasteiger partial charge >= 0.3 is 11.6 Å². The number of aromatic hydroxyl groups is 1. The Bertz CT molecular complexity index is 1670. The fraction of sp³-hybridized carbons (Fsp3) is 0.0385. The van der Waals surface area contributed by atoms with E-state index >= 15 is 0 Å². The highest BCUT2D eigenvalue weighted by Crippen LogP contribution is 2.37. The first-order valence-electron chi connectivity index (χ1n) is 10.3. The van der Waals surface area contributed by atoms with Crippen molar-refractivity contribution in [3.8, 4) is 5.75 Å². The fourth-order valence-electron chi connectivity index (χ4n) is 3.84. The molecule has 8 heteroatoms. The largest absolute Gasteiger partial charge is 0.505 e. The first kappa shape index (κ1) is 21.5. The van der Waals surface area contributed by atoms with Crippen LogP contribution in [0.5, 0.6) is 5.75 Å². The summed E-state index contributed by atoms with van der Waals surface area (Å²) in [6.07, 6.45) is 0. The lowest BCUT2D eigenvalue weighted by molar-refractivity contribution is 0.0697. The number of benzene rings is 3. The van der Waals surface area contributed by atoms with E-state index in [1.165, 1.54) is 24.3 Å². The summed E-state index contributed by atoms with van der Waals surface area (Å²) in [7, 11) is 0. The van der Waals surface area contributed by atoms with E-state index in [0.29, 0.717) is 15.8 Å². The van der Waals surface area contributed by atoms with Crippen LogP contribution in [0.3, 0.4) is 0 Å². The second-order valence-electron chi connectivity index (χ2n) is 7.60. The molecule has 0 spiro atoms. The van der Waals surface area contributed by atoms with Gasteiger partial charge in [-0.15, -0.1) is 0 Å². The molecular weight excluding hydrogens is 454 g/mol. The Balaban J connectivity index is 1.72. The van der Waals surface area contributed by atoms with Crippen LogP contribution >= 0.6 is 11.8 Å². The quantitative estimate of drug-likeness (QED) is 0.357. The summed E-state index contributed by atoms with van der Waals surface area (Å²) >= 11 is 0.903. The second kappa shape index (κ2) is 8.57. The smallest absolute Gasteiger partial charge is 0.354 e. The topological polar surface area (TPSA) is 110 Å². The van der Waals surface area contributed by atoms with Crippen LogP contribution in [0.15, 0.2) is 103 Å². The number of carboxylic acid groups (broad SMARTS) is 1. The normalized spacial score (nSPS) is 11.2. The number of carboxylic acids is 1. The molecule has 0 atom stereocenters. The van der Waals surface area contributed by atoms with Crippen molar-refractivity contribution in [2.75, 3.05) is 0 Å². The molecule has 0 aliphatic rings. The molecule has 2 heterocycles. The second-order valence-corrected chi connectivity index (χ2v) is 8.68.